The van der Waals surface area contributed by atoms with E-state index in [9.17, 15) is 0 Å². The Hall–Kier alpha value is -0.930. The number of pyridine rings is 1. The van der Waals surface area contributed by atoms with Gasteiger partial charge in [0.25, 0.3) is 0 Å². The van der Waals surface area contributed by atoms with Gasteiger partial charge < -0.3 is 10.5 Å². The van der Waals surface area contributed by atoms with Crippen LogP contribution in [0.1, 0.15) is 31.7 Å². The molecule has 2 unspecified atom stereocenters. The van der Waals surface area contributed by atoms with Crippen LogP contribution in [0.4, 0.5) is 0 Å². The van der Waals surface area contributed by atoms with Gasteiger partial charge in [-0.1, -0.05) is 6.92 Å². The molecule has 0 aliphatic heterocycles. The molecular formula is C13H20N2O. The summed E-state index contributed by atoms with van der Waals surface area (Å²) in [5.41, 5.74) is 6.95. The molecule has 0 aromatic carbocycles. The molecule has 1 aliphatic carbocycles. The maximum Gasteiger partial charge on any atom is 0.0811 e. The second-order valence-electron chi connectivity index (χ2n) is 4.88. The molecular weight excluding hydrogens is 200 g/mol. The number of hydrogen-bond acceptors (Lipinski definition) is 3. The van der Waals surface area contributed by atoms with E-state index in [-0.39, 0.29) is 5.60 Å². The highest BCUT2D eigenvalue weighted by Crippen LogP contribution is 2.37. The second-order valence-corrected chi connectivity index (χ2v) is 4.88. The number of hydrogen-bond donors (Lipinski definition) is 1. The lowest BCUT2D eigenvalue weighted by molar-refractivity contribution is -0.0471. The van der Waals surface area contributed by atoms with Crippen LogP contribution in [-0.2, 0) is 11.3 Å². The van der Waals surface area contributed by atoms with Crippen molar-refractivity contribution in [3.63, 3.8) is 0 Å². The predicted molar refractivity (Wildman–Crippen MR) is 63.8 cm³/mol. The molecule has 1 aliphatic rings. The van der Waals surface area contributed by atoms with Crippen molar-refractivity contribution in [2.75, 3.05) is 6.54 Å². The first-order chi connectivity index (χ1) is 7.74. The molecule has 1 saturated carbocycles. The van der Waals surface area contributed by atoms with Crippen LogP contribution >= 0.6 is 0 Å². The fourth-order valence-electron chi connectivity index (χ4n) is 2.44. The topological polar surface area (TPSA) is 48.1 Å². The lowest BCUT2D eigenvalue weighted by Crippen LogP contribution is -2.38. The van der Waals surface area contributed by atoms with Crippen molar-refractivity contribution in [2.24, 2.45) is 11.7 Å². The lowest BCUT2D eigenvalue weighted by atomic mass is 10.0. The van der Waals surface area contributed by atoms with E-state index in [0.29, 0.717) is 13.2 Å². The van der Waals surface area contributed by atoms with Crippen molar-refractivity contribution >= 4 is 0 Å². The van der Waals surface area contributed by atoms with Crippen LogP contribution in [-0.4, -0.2) is 17.1 Å². The van der Waals surface area contributed by atoms with E-state index in [2.05, 4.69) is 11.9 Å². The minimum Gasteiger partial charge on any atom is -0.369 e. The number of rotatable bonds is 4. The van der Waals surface area contributed by atoms with Crippen LogP contribution in [0.3, 0.4) is 0 Å². The highest BCUT2D eigenvalue weighted by Gasteiger charge is 2.37. The average Bonchev–Trinajstić information content (AvgIpc) is 2.71. The van der Waals surface area contributed by atoms with Crippen molar-refractivity contribution in [3.05, 3.63) is 30.1 Å². The maximum atomic E-state index is 6.04. The first-order valence-electron chi connectivity index (χ1n) is 5.97. The molecule has 88 valence electrons. The summed E-state index contributed by atoms with van der Waals surface area (Å²) in [7, 11) is 0. The fraction of sp³-hybridized carbons (Fsp3) is 0.615. The van der Waals surface area contributed by atoms with Crippen LogP contribution in [0, 0.1) is 5.92 Å². The van der Waals surface area contributed by atoms with Gasteiger partial charge >= 0.3 is 0 Å². The maximum absolute atomic E-state index is 6.04. The van der Waals surface area contributed by atoms with E-state index in [1.807, 2.05) is 12.1 Å². The summed E-state index contributed by atoms with van der Waals surface area (Å²) in [5.74, 6) is 0.737. The van der Waals surface area contributed by atoms with E-state index in [1.165, 1.54) is 12.0 Å². The summed E-state index contributed by atoms with van der Waals surface area (Å²) in [6.45, 7) is 3.54. The molecule has 0 radical (unpaired) electrons. The summed E-state index contributed by atoms with van der Waals surface area (Å²) in [6.07, 6.45) is 7.01. The standard InChI is InChI=1S/C13H20N2O/c1-11-2-5-13(8-11,10-14)16-9-12-3-6-15-7-4-12/h3-4,6-7,11H,2,5,8-10,14H2,1H3. The normalized spacial score (nSPS) is 29.5. The van der Waals surface area contributed by atoms with Gasteiger partial charge in [-0.2, -0.15) is 0 Å². The fourth-order valence-corrected chi connectivity index (χ4v) is 2.44. The molecule has 2 N–H and O–H groups in total. The van der Waals surface area contributed by atoms with Crippen molar-refractivity contribution in [1.29, 1.82) is 0 Å². The van der Waals surface area contributed by atoms with Crippen LogP contribution < -0.4 is 5.73 Å². The van der Waals surface area contributed by atoms with Gasteiger partial charge in [0.15, 0.2) is 0 Å². The van der Waals surface area contributed by atoms with Gasteiger partial charge in [-0.05, 0) is 42.9 Å². The predicted octanol–water partition coefficient (Wildman–Crippen LogP) is 2.12. The Balaban J connectivity index is 1.93. The Morgan fingerprint density at radius 3 is 2.81 bits per heavy atom. The minimum absolute atomic E-state index is 0.0807. The molecule has 16 heavy (non-hydrogen) atoms. The van der Waals surface area contributed by atoms with Crippen LogP contribution in [0.2, 0.25) is 0 Å². The summed E-state index contributed by atoms with van der Waals surface area (Å²) in [6, 6.07) is 3.98. The monoisotopic (exact) mass is 220 g/mol. The van der Waals surface area contributed by atoms with E-state index < -0.39 is 0 Å². The number of ether oxygens (including phenoxy) is 1. The third kappa shape index (κ3) is 2.60. The Morgan fingerprint density at radius 1 is 1.50 bits per heavy atom. The molecule has 1 aromatic rings. The smallest absolute Gasteiger partial charge is 0.0811 e. The Morgan fingerprint density at radius 2 is 2.25 bits per heavy atom. The average molecular weight is 220 g/mol. The molecule has 3 nitrogen and oxygen atoms in total. The molecule has 3 heteroatoms. The number of nitrogens with zero attached hydrogens (tertiary/aromatic N) is 1. The number of nitrogens with two attached hydrogens (primary N) is 1. The molecule has 1 fully saturated rings. The molecule has 2 rings (SSSR count). The van der Waals surface area contributed by atoms with Crippen molar-refractivity contribution in [1.82, 2.24) is 4.98 Å². The Kier molecular flexibility index (Phi) is 3.56. The molecule has 0 amide bonds. The van der Waals surface area contributed by atoms with Crippen molar-refractivity contribution in [3.8, 4) is 0 Å². The summed E-state index contributed by atoms with van der Waals surface area (Å²) in [4.78, 5) is 3.99. The number of aromatic nitrogens is 1. The first-order valence-corrected chi connectivity index (χ1v) is 5.97. The minimum atomic E-state index is -0.0807. The van der Waals surface area contributed by atoms with Gasteiger partial charge in [0.2, 0.25) is 0 Å². The Bertz CT molecular complexity index is 328. The van der Waals surface area contributed by atoms with Gasteiger partial charge in [0, 0.05) is 18.9 Å². The molecule has 0 bridgehead atoms. The van der Waals surface area contributed by atoms with Gasteiger partial charge in [-0.15, -0.1) is 0 Å². The highest BCUT2D eigenvalue weighted by molar-refractivity contribution is 5.08. The summed E-state index contributed by atoms with van der Waals surface area (Å²) < 4.78 is 6.04. The van der Waals surface area contributed by atoms with Crippen LogP contribution in [0.5, 0.6) is 0 Å². The van der Waals surface area contributed by atoms with E-state index in [1.54, 1.807) is 12.4 Å². The van der Waals surface area contributed by atoms with E-state index >= 15 is 0 Å². The second kappa shape index (κ2) is 4.93. The van der Waals surface area contributed by atoms with Crippen molar-refractivity contribution < 1.29 is 4.74 Å². The Labute approximate surface area is 97.0 Å². The SMILES string of the molecule is CC1CCC(CN)(OCc2ccncc2)C1. The van der Waals surface area contributed by atoms with E-state index in [0.717, 1.165) is 18.8 Å². The summed E-state index contributed by atoms with van der Waals surface area (Å²) >= 11 is 0. The van der Waals surface area contributed by atoms with Gasteiger partial charge in [0.1, 0.15) is 0 Å². The van der Waals surface area contributed by atoms with Gasteiger partial charge in [-0.25, -0.2) is 0 Å². The van der Waals surface area contributed by atoms with Gasteiger partial charge in [-0.3, -0.25) is 4.98 Å². The van der Waals surface area contributed by atoms with Crippen LogP contribution in [0.15, 0.2) is 24.5 Å². The summed E-state index contributed by atoms with van der Waals surface area (Å²) in [5, 5.41) is 0. The highest BCUT2D eigenvalue weighted by atomic mass is 16.5. The first kappa shape index (κ1) is 11.6. The quantitative estimate of drug-likeness (QED) is 0.845. The lowest BCUT2D eigenvalue weighted by Gasteiger charge is -2.28. The molecule has 1 heterocycles. The third-order valence-corrected chi connectivity index (χ3v) is 3.48. The zero-order chi connectivity index (χ0) is 11.4. The molecule has 2 atom stereocenters. The zero-order valence-corrected chi connectivity index (χ0v) is 9.86. The van der Waals surface area contributed by atoms with E-state index in [4.69, 9.17) is 10.5 Å². The third-order valence-electron chi connectivity index (χ3n) is 3.48. The van der Waals surface area contributed by atoms with Gasteiger partial charge in [0.05, 0.1) is 12.2 Å². The molecule has 0 spiro atoms. The zero-order valence-electron chi connectivity index (χ0n) is 9.86. The van der Waals surface area contributed by atoms with Crippen LogP contribution in [0.25, 0.3) is 0 Å². The molecule has 1 aromatic heterocycles. The largest absolute Gasteiger partial charge is 0.369 e. The molecule has 0 saturated heterocycles. The van der Waals surface area contributed by atoms with Crippen molar-refractivity contribution in [2.45, 2.75) is 38.4 Å².